The number of anilines is 1. The number of fused-ring (bicyclic) bond motifs is 1. The maximum Gasteiger partial charge on any atom is 0.294 e. The summed E-state index contributed by atoms with van der Waals surface area (Å²) >= 11 is 0. The fourth-order valence-corrected chi connectivity index (χ4v) is 4.63. The number of benzene rings is 3. The van der Waals surface area contributed by atoms with Crippen molar-refractivity contribution in [3.63, 3.8) is 0 Å². The molecule has 1 N–H and O–H groups in total. The molecule has 0 saturated carbocycles. The van der Waals surface area contributed by atoms with E-state index >= 15 is 0 Å². The third-order valence-electron chi connectivity index (χ3n) is 6.60. The molecule has 35 heavy (non-hydrogen) atoms. The molecule has 1 amide bonds. The Kier molecular flexibility index (Phi) is 6.57. The number of hydrogen-bond acceptors (Lipinski definition) is 4. The molecule has 0 radical (unpaired) electrons. The minimum absolute atomic E-state index is 0.0825. The normalized spacial score (nSPS) is 14.3. The smallest absolute Gasteiger partial charge is 0.294 e. The van der Waals surface area contributed by atoms with Crippen molar-refractivity contribution in [2.45, 2.75) is 25.9 Å². The van der Waals surface area contributed by atoms with Gasteiger partial charge in [0.15, 0.2) is 5.82 Å². The summed E-state index contributed by atoms with van der Waals surface area (Å²) in [6.45, 7) is 1.75. The van der Waals surface area contributed by atoms with Crippen molar-refractivity contribution >= 4 is 22.8 Å². The molecule has 0 bridgehead atoms. The Labute approximate surface area is 203 Å². The number of rotatable bonds is 6. The third kappa shape index (κ3) is 4.94. The first-order valence-electron chi connectivity index (χ1n) is 11.9. The molecule has 6 nitrogen and oxygen atoms in total. The van der Waals surface area contributed by atoms with Gasteiger partial charge in [-0.2, -0.15) is 0 Å². The highest BCUT2D eigenvalue weighted by molar-refractivity contribution is 5.79. The van der Waals surface area contributed by atoms with E-state index in [0.29, 0.717) is 43.9 Å². The number of nitrogens with one attached hydrogen (secondary N) is 1. The second-order valence-corrected chi connectivity index (χ2v) is 8.87. The molecule has 0 atom stereocenters. The molecule has 5 rings (SSSR count). The lowest BCUT2D eigenvalue weighted by Gasteiger charge is -2.32. The van der Waals surface area contributed by atoms with Crippen molar-refractivity contribution < 1.29 is 9.18 Å². The van der Waals surface area contributed by atoms with Crippen LogP contribution in [-0.4, -0.2) is 28.5 Å². The van der Waals surface area contributed by atoms with E-state index < -0.39 is 0 Å². The molecule has 178 valence electrons. The lowest BCUT2D eigenvalue weighted by atomic mass is 9.96. The number of para-hydroxylation sites is 2. The van der Waals surface area contributed by atoms with Gasteiger partial charge >= 0.3 is 0 Å². The second kappa shape index (κ2) is 10.1. The van der Waals surface area contributed by atoms with Crippen molar-refractivity contribution in [2.24, 2.45) is 5.92 Å². The molecule has 0 spiro atoms. The molecule has 7 heteroatoms. The number of halogens is 1. The minimum atomic E-state index is -0.322. The van der Waals surface area contributed by atoms with Crippen LogP contribution in [0.1, 0.15) is 24.0 Å². The van der Waals surface area contributed by atoms with Gasteiger partial charge in [-0.15, -0.1) is 0 Å². The molecular weight excluding hydrogens is 443 g/mol. The molecule has 4 aromatic rings. The quantitative estimate of drug-likeness (QED) is 0.461. The molecule has 0 unspecified atom stereocenters. The summed E-state index contributed by atoms with van der Waals surface area (Å²) < 4.78 is 15.6. The van der Waals surface area contributed by atoms with Gasteiger partial charge in [0, 0.05) is 31.1 Å². The fraction of sp³-hybridized carbons (Fsp3) is 0.250. The molecule has 1 aliphatic heterocycles. The number of carbonyl (C=O) groups excluding carboxylic acids is 1. The Morgan fingerprint density at radius 3 is 2.40 bits per heavy atom. The summed E-state index contributed by atoms with van der Waals surface area (Å²) in [4.78, 5) is 32.9. The van der Waals surface area contributed by atoms with Crippen LogP contribution >= 0.6 is 0 Å². The lowest BCUT2D eigenvalue weighted by Crippen LogP contribution is -2.43. The van der Waals surface area contributed by atoms with Gasteiger partial charge < -0.3 is 10.2 Å². The molecule has 2 heterocycles. The van der Waals surface area contributed by atoms with Gasteiger partial charge in [-0.05, 0) is 36.6 Å². The number of aromatic nitrogens is 2. The third-order valence-corrected chi connectivity index (χ3v) is 6.60. The second-order valence-electron chi connectivity index (χ2n) is 8.87. The Morgan fingerprint density at radius 2 is 1.63 bits per heavy atom. The van der Waals surface area contributed by atoms with Crippen LogP contribution in [0, 0.1) is 11.7 Å². The summed E-state index contributed by atoms with van der Waals surface area (Å²) in [6.07, 6.45) is 1.21. The molecular formula is C28H27FN4O2. The van der Waals surface area contributed by atoms with Crippen LogP contribution in [0.3, 0.4) is 0 Å². The number of carbonyl (C=O) groups is 1. The van der Waals surface area contributed by atoms with Crippen molar-refractivity contribution in [3.05, 3.63) is 106 Å². The number of piperidine rings is 1. The predicted octanol–water partition coefficient (Wildman–Crippen LogP) is 4.12. The molecule has 1 saturated heterocycles. The highest BCUT2D eigenvalue weighted by atomic mass is 19.1. The monoisotopic (exact) mass is 470 g/mol. The van der Waals surface area contributed by atoms with Crippen LogP contribution in [0.2, 0.25) is 0 Å². The first-order chi connectivity index (χ1) is 17.1. The standard InChI is InChI=1S/C28H27FN4O2/c29-23-11-5-4-10-22(23)18-30-27(34)21-14-16-32(17-15-21)26-28(35)33(19-20-8-2-1-3-9-20)25-13-7-6-12-24(25)31-26/h1-13,21H,14-19H2,(H,30,34). The van der Waals surface area contributed by atoms with E-state index in [-0.39, 0.29) is 29.7 Å². The van der Waals surface area contributed by atoms with Crippen LogP contribution in [0.25, 0.3) is 11.0 Å². The van der Waals surface area contributed by atoms with E-state index in [1.54, 1.807) is 22.8 Å². The van der Waals surface area contributed by atoms with Gasteiger partial charge in [0.05, 0.1) is 17.6 Å². The molecule has 1 fully saturated rings. The highest BCUT2D eigenvalue weighted by Crippen LogP contribution is 2.23. The van der Waals surface area contributed by atoms with Crippen LogP contribution in [0.15, 0.2) is 83.7 Å². The molecule has 3 aromatic carbocycles. The van der Waals surface area contributed by atoms with Crippen molar-refractivity contribution in [3.8, 4) is 0 Å². The van der Waals surface area contributed by atoms with E-state index in [4.69, 9.17) is 4.98 Å². The first-order valence-corrected chi connectivity index (χ1v) is 11.9. The number of amides is 1. The molecule has 0 aliphatic carbocycles. The predicted molar refractivity (Wildman–Crippen MR) is 135 cm³/mol. The van der Waals surface area contributed by atoms with Crippen LogP contribution in [0.4, 0.5) is 10.2 Å². The zero-order valence-electron chi connectivity index (χ0n) is 19.4. The maximum absolute atomic E-state index is 13.8. The van der Waals surface area contributed by atoms with Gasteiger partial charge in [-0.3, -0.25) is 14.2 Å². The Hall–Kier alpha value is -4.00. The largest absolute Gasteiger partial charge is 0.352 e. The van der Waals surface area contributed by atoms with Gasteiger partial charge in [-0.25, -0.2) is 9.37 Å². The minimum Gasteiger partial charge on any atom is -0.352 e. The zero-order chi connectivity index (χ0) is 24.2. The number of hydrogen-bond donors (Lipinski definition) is 1. The zero-order valence-corrected chi connectivity index (χ0v) is 19.4. The SMILES string of the molecule is O=C(NCc1ccccc1F)C1CCN(c2nc3ccccc3n(Cc3ccccc3)c2=O)CC1. The Bertz CT molecular complexity index is 1400. The first kappa shape index (κ1) is 22.8. The Balaban J connectivity index is 1.32. The average Bonchev–Trinajstić information content (AvgIpc) is 2.90. The highest BCUT2D eigenvalue weighted by Gasteiger charge is 2.27. The summed E-state index contributed by atoms with van der Waals surface area (Å²) in [5.41, 5.74) is 2.95. The average molecular weight is 471 g/mol. The van der Waals surface area contributed by atoms with Gasteiger partial charge in [0.2, 0.25) is 5.91 Å². The summed E-state index contributed by atoms with van der Waals surface area (Å²) in [5.74, 6) is -0.160. The number of nitrogens with zero attached hydrogens (tertiary/aromatic N) is 3. The van der Waals surface area contributed by atoms with E-state index in [1.807, 2.05) is 59.5 Å². The summed E-state index contributed by atoms with van der Waals surface area (Å²) in [6, 6.07) is 24.0. The van der Waals surface area contributed by atoms with Crippen molar-refractivity contribution in [1.82, 2.24) is 14.9 Å². The van der Waals surface area contributed by atoms with Gasteiger partial charge in [0.25, 0.3) is 5.56 Å². The van der Waals surface area contributed by atoms with E-state index in [0.717, 1.165) is 16.6 Å². The molecule has 1 aliphatic rings. The van der Waals surface area contributed by atoms with E-state index in [1.165, 1.54) is 6.07 Å². The summed E-state index contributed by atoms with van der Waals surface area (Å²) in [7, 11) is 0. The van der Waals surface area contributed by atoms with Crippen LogP contribution in [0.5, 0.6) is 0 Å². The summed E-state index contributed by atoms with van der Waals surface area (Å²) in [5, 5.41) is 2.86. The van der Waals surface area contributed by atoms with Crippen molar-refractivity contribution in [1.29, 1.82) is 0 Å². The van der Waals surface area contributed by atoms with E-state index in [9.17, 15) is 14.0 Å². The van der Waals surface area contributed by atoms with E-state index in [2.05, 4.69) is 5.32 Å². The Morgan fingerprint density at radius 1 is 0.943 bits per heavy atom. The van der Waals surface area contributed by atoms with Crippen LogP contribution in [-0.2, 0) is 17.9 Å². The lowest BCUT2D eigenvalue weighted by molar-refractivity contribution is -0.125. The maximum atomic E-state index is 13.8. The van der Waals surface area contributed by atoms with Crippen LogP contribution < -0.4 is 15.8 Å². The van der Waals surface area contributed by atoms with Gasteiger partial charge in [-0.1, -0.05) is 60.7 Å². The van der Waals surface area contributed by atoms with Gasteiger partial charge in [0.1, 0.15) is 5.82 Å². The fourth-order valence-electron chi connectivity index (χ4n) is 4.63. The topological polar surface area (TPSA) is 67.2 Å². The molecule has 1 aromatic heterocycles. The van der Waals surface area contributed by atoms with Crippen molar-refractivity contribution in [2.75, 3.05) is 18.0 Å².